The SMILES string of the molecule is CC(C)[C@H](C)NC(=O)[C@H]1CCCN(c2nc(Cc3ccc(F)cc3)ns2)C1. The number of amides is 1. The van der Waals surface area contributed by atoms with Crippen molar-refractivity contribution >= 4 is 22.6 Å². The van der Waals surface area contributed by atoms with Crippen molar-refractivity contribution in [1.82, 2.24) is 14.7 Å². The second-order valence-corrected chi connectivity index (χ2v) is 8.35. The zero-order valence-electron chi connectivity index (χ0n) is 16.1. The van der Waals surface area contributed by atoms with E-state index in [1.807, 2.05) is 0 Å². The Bertz CT molecular complexity index is 762. The molecule has 7 heteroatoms. The fraction of sp³-hybridized carbons (Fsp3) is 0.550. The van der Waals surface area contributed by atoms with Gasteiger partial charge < -0.3 is 10.2 Å². The predicted molar refractivity (Wildman–Crippen MR) is 106 cm³/mol. The number of carbonyl (C=O) groups is 1. The Kier molecular flexibility index (Phi) is 6.42. The van der Waals surface area contributed by atoms with Gasteiger partial charge in [0.25, 0.3) is 0 Å². The number of halogens is 1. The van der Waals surface area contributed by atoms with Crippen molar-refractivity contribution in [2.75, 3.05) is 18.0 Å². The molecule has 0 unspecified atom stereocenters. The zero-order chi connectivity index (χ0) is 19.4. The number of carbonyl (C=O) groups excluding carboxylic acids is 1. The molecule has 5 nitrogen and oxygen atoms in total. The summed E-state index contributed by atoms with van der Waals surface area (Å²) in [6, 6.07) is 6.60. The van der Waals surface area contributed by atoms with E-state index in [0.717, 1.165) is 35.9 Å². The summed E-state index contributed by atoms with van der Waals surface area (Å²) in [6.07, 6.45) is 2.47. The van der Waals surface area contributed by atoms with E-state index >= 15 is 0 Å². The highest BCUT2D eigenvalue weighted by atomic mass is 32.1. The molecule has 0 bridgehead atoms. The second-order valence-electron chi connectivity index (χ2n) is 7.62. The Morgan fingerprint density at radius 3 is 2.78 bits per heavy atom. The molecule has 3 rings (SSSR count). The molecular formula is C20H27FN4OS. The molecule has 1 fully saturated rings. The van der Waals surface area contributed by atoms with E-state index in [2.05, 4.69) is 40.3 Å². The third-order valence-corrected chi connectivity index (χ3v) is 5.98. The lowest BCUT2D eigenvalue weighted by atomic mass is 9.96. The van der Waals surface area contributed by atoms with E-state index in [9.17, 15) is 9.18 Å². The average molecular weight is 391 g/mol. The van der Waals surface area contributed by atoms with Crippen molar-refractivity contribution in [3.8, 4) is 0 Å². The largest absolute Gasteiger partial charge is 0.353 e. The molecule has 0 aliphatic carbocycles. The lowest BCUT2D eigenvalue weighted by Gasteiger charge is -2.32. The highest BCUT2D eigenvalue weighted by Gasteiger charge is 2.28. The predicted octanol–water partition coefficient (Wildman–Crippen LogP) is 3.65. The number of rotatable bonds is 6. The van der Waals surface area contributed by atoms with Gasteiger partial charge in [-0.05, 0) is 43.4 Å². The maximum Gasteiger partial charge on any atom is 0.225 e. The maximum atomic E-state index is 13.0. The van der Waals surface area contributed by atoms with Crippen LogP contribution >= 0.6 is 11.5 Å². The summed E-state index contributed by atoms with van der Waals surface area (Å²) in [5, 5.41) is 4.00. The summed E-state index contributed by atoms with van der Waals surface area (Å²) < 4.78 is 17.5. The van der Waals surface area contributed by atoms with Crippen LogP contribution < -0.4 is 10.2 Å². The Morgan fingerprint density at radius 2 is 2.07 bits per heavy atom. The number of nitrogens with zero attached hydrogens (tertiary/aromatic N) is 3. The number of piperidine rings is 1. The van der Waals surface area contributed by atoms with E-state index in [-0.39, 0.29) is 23.7 Å². The molecule has 2 atom stereocenters. The van der Waals surface area contributed by atoms with Crippen LogP contribution in [0, 0.1) is 17.7 Å². The Hall–Kier alpha value is -2.02. The molecule has 2 aromatic rings. The van der Waals surface area contributed by atoms with Gasteiger partial charge in [0, 0.05) is 37.1 Å². The first-order chi connectivity index (χ1) is 12.9. The minimum Gasteiger partial charge on any atom is -0.353 e. The normalized spacial score (nSPS) is 18.6. The quantitative estimate of drug-likeness (QED) is 0.818. The van der Waals surface area contributed by atoms with Gasteiger partial charge in [-0.3, -0.25) is 4.79 Å². The van der Waals surface area contributed by atoms with Gasteiger partial charge in [0.1, 0.15) is 11.6 Å². The summed E-state index contributed by atoms with van der Waals surface area (Å²) in [6.45, 7) is 7.86. The van der Waals surface area contributed by atoms with Crippen LogP contribution in [0.5, 0.6) is 0 Å². The van der Waals surface area contributed by atoms with Gasteiger partial charge in [-0.25, -0.2) is 9.37 Å². The van der Waals surface area contributed by atoms with Crippen LogP contribution in [0.4, 0.5) is 9.52 Å². The summed E-state index contributed by atoms with van der Waals surface area (Å²) in [7, 11) is 0. The zero-order valence-corrected chi connectivity index (χ0v) is 16.9. The molecule has 1 aliphatic heterocycles. The topological polar surface area (TPSA) is 58.1 Å². The number of hydrogen-bond acceptors (Lipinski definition) is 5. The molecule has 2 heterocycles. The van der Waals surface area contributed by atoms with Crippen molar-refractivity contribution in [3.63, 3.8) is 0 Å². The minimum atomic E-state index is -0.241. The lowest BCUT2D eigenvalue weighted by Crippen LogP contribution is -2.46. The Labute approximate surface area is 164 Å². The molecular weight excluding hydrogens is 363 g/mol. The van der Waals surface area contributed by atoms with Crippen LogP contribution in [0.1, 0.15) is 45.0 Å². The number of anilines is 1. The summed E-state index contributed by atoms with van der Waals surface area (Å²) in [5.74, 6) is 1.05. The molecule has 0 saturated carbocycles. The minimum absolute atomic E-state index is 0.00982. The van der Waals surface area contributed by atoms with Crippen LogP contribution in [-0.2, 0) is 11.2 Å². The highest BCUT2D eigenvalue weighted by molar-refractivity contribution is 7.09. The van der Waals surface area contributed by atoms with Gasteiger partial charge in [0.15, 0.2) is 0 Å². The first kappa shape index (κ1) is 19.7. The molecule has 0 spiro atoms. The molecule has 0 radical (unpaired) electrons. The maximum absolute atomic E-state index is 13.0. The van der Waals surface area contributed by atoms with E-state index in [1.54, 1.807) is 12.1 Å². The van der Waals surface area contributed by atoms with Crippen LogP contribution in [-0.4, -0.2) is 34.4 Å². The van der Waals surface area contributed by atoms with E-state index < -0.39 is 0 Å². The van der Waals surface area contributed by atoms with Crippen molar-refractivity contribution in [2.24, 2.45) is 11.8 Å². The smallest absolute Gasteiger partial charge is 0.225 e. The molecule has 1 aromatic carbocycles. The summed E-state index contributed by atoms with van der Waals surface area (Å²) >= 11 is 1.37. The molecule has 1 aromatic heterocycles. The molecule has 1 N–H and O–H groups in total. The number of hydrogen-bond donors (Lipinski definition) is 1. The summed E-state index contributed by atoms with van der Waals surface area (Å²) in [4.78, 5) is 19.4. The number of aromatic nitrogens is 2. The first-order valence-electron chi connectivity index (χ1n) is 9.54. The van der Waals surface area contributed by atoms with Crippen LogP contribution in [0.25, 0.3) is 0 Å². The van der Waals surface area contributed by atoms with E-state index in [0.29, 0.717) is 18.9 Å². The third kappa shape index (κ3) is 5.25. The van der Waals surface area contributed by atoms with Gasteiger partial charge in [-0.1, -0.05) is 26.0 Å². The Balaban J connectivity index is 1.60. The molecule has 27 heavy (non-hydrogen) atoms. The fourth-order valence-corrected chi connectivity index (χ4v) is 3.82. The monoisotopic (exact) mass is 390 g/mol. The molecule has 1 aliphatic rings. The van der Waals surface area contributed by atoms with Crippen LogP contribution in [0.15, 0.2) is 24.3 Å². The van der Waals surface area contributed by atoms with Gasteiger partial charge in [-0.2, -0.15) is 4.37 Å². The fourth-order valence-electron chi connectivity index (χ4n) is 3.10. The number of benzene rings is 1. The Morgan fingerprint density at radius 1 is 1.33 bits per heavy atom. The van der Waals surface area contributed by atoms with Crippen molar-refractivity contribution in [3.05, 3.63) is 41.5 Å². The number of nitrogens with one attached hydrogen (secondary N) is 1. The van der Waals surface area contributed by atoms with Crippen molar-refractivity contribution in [2.45, 2.75) is 46.1 Å². The summed E-state index contributed by atoms with van der Waals surface area (Å²) in [5.41, 5.74) is 0.985. The highest BCUT2D eigenvalue weighted by Crippen LogP contribution is 2.25. The molecule has 1 saturated heterocycles. The first-order valence-corrected chi connectivity index (χ1v) is 10.3. The third-order valence-electron chi connectivity index (χ3n) is 5.17. The van der Waals surface area contributed by atoms with Crippen molar-refractivity contribution < 1.29 is 9.18 Å². The van der Waals surface area contributed by atoms with Gasteiger partial charge in [0.05, 0.1) is 5.92 Å². The van der Waals surface area contributed by atoms with Gasteiger partial charge in [-0.15, -0.1) is 0 Å². The average Bonchev–Trinajstić information content (AvgIpc) is 3.12. The standard InChI is InChI=1S/C20H27FN4OS/c1-13(2)14(3)22-19(26)16-5-4-10-25(12-16)20-23-18(24-27-20)11-15-6-8-17(21)9-7-15/h6-9,13-14,16H,4-5,10-12H2,1-3H3,(H,22,26)/t14-,16-/m0/s1. The van der Waals surface area contributed by atoms with Gasteiger partial charge in [0.2, 0.25) is 11.0 Å². The van der Waals surface area contributed by atoms with Gasteiger partial charge >= 0.3 is 0 Å². The van der Waals surface area contributed by atoms with Crippen LogP contribution in [0.2, 0.25) is 0 Å². The molecule has 146 valence electrons. The van der Waals surface area contributed by atoms with E-state index in [1.165, 1.54) is 23.7 Å². The van der Waals surface area contributed by atoms with E-state index in [4.69, 9.17) is 0 Å². The van der Waals surface area contributed by atoms with Crippen molar-refractivity contribution in [1.29, 1.82) is 0 Å². The second kappa shape index (κ2) is 8.78. The lowest BCUT2D eigenvalue weighted by molar-refractivity contribution is -0.126. The van der Waals surface area contributed by atoms with Crippen LogP contribution in [0.3, 0.4) is 0 Å². The molecule has 1 amide bonds.